The third-order valence-electron chi connectivity index (χ3n) is 4.72. The Morgan fingerprint density at radius 1 is 1.12 bits per heavy atom. The number of likely N-dealkylation sites (tertiary alicyclic amines) is 1. The van der Waals surface area contributed by atoms with Crippen molar-refractivity contribution in [2.75, 3.05) is 20.1 Å². The lowest BCUT2D eigenvalue weighted by molar-refractivity contribution is 0.0698. The van der Waals surface area contributed by atoms with Crippen LogP contribution in [0.2, 0.25) is 0 Å². The predicted octanol–water partition coefficient (Wildman–Crippen LogP) is 2.64. The molecule has 1 aliphatic heterocycles. The van der Waals surface area contributed by atoms with Crippen molar-refractivity contribution >= 4 is 0 Å². The second kappa shape index (κ2) is 5.05. The Bertz CT molecular complexity index is 215. The van der Waals surface area contributed by atoms with Crippen LogP contribution in [0.15, 0.2) is 0 Å². The van der Waals surface area contributed by atoms with Crippen LogP contribution in [0, 0.1) is 5.41 Å². The van der Waals surface area contributed by atoms with Crippen molar-refractivity contribution in [3.63, 3.8) is 0 Å². The second-order valence-corrected chi connectivity index (χ2v) is 6.51. The van der Waals surface area contributed by atoms with Gasteiger partial charge in [-0.1, -0.05) is 20.3 Å². The van der Waals surface area contributed by atoms with Gasteiger partial charge >= 0.3 is 0 Å². The zero-order chi connectivity index (χ0) is 11.6. The van der Waals surface area contributed by atoms with Crippen LogP contribution in [0.25, 0.3) is 0 Å². The Morgan fingerprint density at radius 2 is 1.81 bits per heavy atom. The lowest BCUT2D eigenvalue weighted by Gasteiger charge is -2.43. The minimum Gasteiger partial charge on any atom is -0.317 e. The maximum Gasteiger partial charge on any atom is 0.0110 e. The smallest absolute Gasteiger partial charge is 0.0110 e. The van der Waals surface area contributed by atoms with Crippen molar-refractivity contribution < 1.29 is 0 Å². The van der Waals surface area contributed by atoms with Gasteiger partial charge in [0.2, 0.25) is 0 Å². The van der Waals surface area contributed by atoms with Crippen LogP contribution in [0.3, 0.4) is 0 Å². The van der Waals surface area contributed by atoms with Crippen LogP contribution >= 0.6 is 0 Å². The highest BCUT2D eigenvalue weighted by atomic mass is 15.2. The van der Waals surface area contributed by atoms with Gasteiger partial charge in [-0.2, -0.15) is 0 Å². The molecule has 1 heterocycles. The molecule has 1 saturated carbocycles. The molecule has 2 aliphatic rings. The molecule has 94 valence electrons. The first-order valence-electron chi connectivity index (χ1n) is 7.02. The maximum atomic E-state index is 3.46. The first-order chi connectivity index (χ1) is 7.61. The van der Waals surface area contributed by atoms with Crippen LogP contribution in [-0.4, -0.2) is 37.1 Å². The van der Waals surface area contributed by atoms with Crippen molar-refractivity contribution in [2.45, 2.75) is 64.5 Å². The van der Waals surface area contributed by atoms with Crippen molar-refractivity contribution in [3.05, 3.63) is 0 Å². The van der Waals surface area contributed by atoms with Gasteiger partial charge in [-0.3, -0.25) is 0 Å². The van der Waals surface area contributed by atoms with Crippen molar-refractivity contribution in [1.82, 2.24) is 10.2 Å². The fraction of sp³-hybridized carbons (Fsp3) is 1.00. The molecule has 2 unspecified atom stereocenters. The summed E-state index contributed by atoms with van der Waals surface area (Å²) in [4.78, 5) is 2.76. The summed E-state index contributed by atoms with van der Waals surface area (Å²) in [6.45, 7) is 7.49. The molecule has 0 aromatic rings. The molecule has 2 atom stereocenters. The van der Waals surface area contributed by atoms with Gasteiger partial charge in [-0.05, 0) is 57.7 Å². The van der Waals surface area contributed by atoms with E-state index in [-0.39, 0.29) is 0 Å². The van der Waals surface area contributed by atoms with E-state index in [9.17, 15) is 0 Å². The first-order valence-corrected chi connectivity index (χ1v) is 7.02. The lowest BCUT2D eigenvalue weighted by Crippen LogP contribution is -2.48. The highest BCUT2D eigenvalue weighted by Crippen LogP contribution is 2.33. The number of nitrogens with zero attached hydrogens (tertiary/aromatic N) is 1. The van der Waals surface area contributed by atoms with Crippen LogP contribution < -0.4 is 5.32 Å². The molecular formula is C14H28N2. The Balaban J connectivity index is 1.84. The predicted molar refractivity (Wildman–Crippen MR) is 69.7 cm³/mol. The number of rotatable bonds is 2. The summed E-state index contributed by atoms with van der Waals surface area (Å²) in [7, 11) is 2.12. The largest absolute Gasteiger partial charge is 0.317 e. The minimum atomic E-state index is 0.591. The third kappa shape index (κ3) is 2.98. The summed E-state index contributed by atoms with van der Waals surface area (Å²) in [5.41, 5.74) is 0.591. The van der Waals surface area contributed by atoms with Crippen LogP contribution in [0.4, 0.5) is 0 Å². The topological polar surface area (TPSA) is 15.3 Å². The van der Waals surface area contributed by atoms with E-state index in [0.29, 0.717) is 5.41 Å². The monoisotopic (exact) mass is 224 g/mol. The molecule has 1 N–H and O–H groups in total. The fourth-order valence-corrected chi connectivity index (χ4v) is 3.25. The molecule has 0 bridgehead atoms. The van der Waals surface area contributed by atoms with Crippen molar-refractivity contribution in [3.8, 4) is 0 Å². The van der Waals surface area contributed by atoms with Crippen molar-refractivity contribution in [2.24, 2.45) is 5.41 Å². The van der Waals surface area contributed by atoms with Crippen LogP contribution in [-0.2, 0) is 0 Å². The molecule has 2 heteroatoms. The Labute approximate surface area is 101 Å². The third-order valence-corrected chi connectivity index (χ3v) is 4.72. The van der Waals surface area contributed by atoms with Gasteiger partial charge in [-0.25, -0.2) is 0 Å². The van der Waals surface area contributed by atoms with Crippen LogP contribution in [0.5, 0.6) is 0 Å². The fourth-order valence-electron chi connectivity index (χ4n) is 3.25. The van der Waals surface area contributed by atoms with E-state index in [1.165, 1.54) is 51.6 Å². The number of piperidine rings is 1. The number of hydrogen-bond donors (Lipinski definition) is 1. The molecule has 0 radical (unpaired) electrons. The molecule has 0 aromatic heterocycles. The zero-order valence-corrected chi connectivity index (χ0v) is 11.3. The lowest BCUT2D eigenvalue weighted by atomic mass is 9.81. The van der Waals surface area contributed by atoms with Gasteiger partial charge in [0.1, 0.15) is 0 Å². The summed E-state index contributed by atoms with van der Waals surface area (Å²) in [6.07, 6.45) is 8.36. The molecular weight excluding hydrogens is 196 g/mol. The molecule has 1 saturated heterocycles. The molecule has 0 amide bonds. The normalized spacial score (nSPS) is 36.2. The van der Waals surface area contributed by atoms with E-state index in [1.54, 1.807) is 0 Å². The van der Waals surface area contributed by atoms with Gasteiger partial charge in [0.15, 0.2) is 0 Å². The van der Waals surface area contributed by atoms with E-state index >= 15 is 0 Å². The maximum absolute atomic E-state index is 3.46. The second-order valence-electron chi connectivity index (χ2n) is 6.51. The zero-order valence-electron chi connectivity index (χ0n) is 11.3. The van der Waals surface area contributed by atoms with Gasteiger partial charge < -0.3 is 10.2 Å². The molecule has 2 nitrogen and oxygen atoms in total. The first kappa shape index (κ1) is 12.4. The summed E-state index contributed by atoms with van der Waals surface area (Å²) in [6, 6.07) is 1.64. The molecule has 1 aliphatic carbocycles. The summed E-state index contributed by atoms with van der Waals surface area (Å²) in [5.74, 6) is 0. The van der Waals surface area contributed by atoms with E-state index in [0.717, 1.165) is 12.1 Å². The summed E-state index contributed by atoms with van der Waals surface area (Å²) in [5, 5.41) is 3.46. The Kier molecular flexibility index (Phi) is 3.91. The molecule has 2 fully saturated rings. The van der Waals surface area contributed by atoms with Crippen LogP contribution in [0.1, 0.15) is 52.4 Å². The summed E-state index contributed by atoms with van der Waals surface area (Å²) < 4.78 is 0. The number of nitrogens with one attached hydrogen (secondary N) is 1. The minimum absolute atomic E-state index is 0.591. The molecule has 0 spiro atoms. The number of hydrogen-bond acceptors (Lipinski definition) is 2. The average Bonchev–Trinajstić information content (AvgIpc) is 2.29. The highest BCUT2D eigenvalue weighted by molar-refractivity contribution is 4.87. The van der Waals surface area contributed by atoms with Gasteiger partial charge in [-0.15, -0.1) is 0 Å². The Morgan fingerprint density at radius 3 is 2.44 bits per heavy atom. The van der Waals surface area contributed by atoms with E-state index in [4.69, 9.17) is 0 Å². The van der Waals surface area contributed by atoms with Gasteiger partial charge in [0.25, 0.3) is 0 Å². The SMILES string of the molecule is CNC1CCCC(N2CCC(C)(C)CC2)C1. The Hall–Kier alpha value is -0.0800. The standard InChI is InChI=1S/C14H28N2/c1-14(2)7-9-16(10-8-14)13-6-4-5-12(11-13)15-3/h12-13,15H,4-11H2,1-3H3. The van der Waals surface area contributed by atoms with E-state index in [1.807, 2.05) is 0 Å². The van der Waals surface area contributed by atoms with E-state index < -0.39 is 0 Å². The van der Waals surface area contributed by atoms with E-state index in [2.05, 4.69) is 31.1 Å². The molecule has 0 aromatic carbocycles. The van der Waals surface area contributed by atoms with Gasteiger partial charge in [0, 0.05) is 12.1 Å². The summed E-state index contributed by atoms with van der Waals surface area (Å²) >= 11 is 0. The average molecular weight is 224 g/mol. The molecule has 16 heavy (non-hydrogen) atoms. The van der Waals surface area contributed by atoms with Gasteiger partial charge in [0.05, 0.1) is 0 Å². The van der Waals surface area contributed by atoms with Crippen molar-refractivity contribution in [1.29, 1.82) is 0 Å². The quantitative estimate of drug-likeness (QED) is 0.776. The molecule has 2 rings (SSSR count). The highest BCUT2D eigenvalue weighted by Gasteiger charge is 2.31.